The second-order valence-electron chi connectivity index (χ2n) is 5.99. The summed E-state index contributed by atoms with van der Waals surface area (Å²) in [6.07, 6.45) is 1.62. The normalized spacial score (nSPS) is 16.5. The second kappa shape index (κ2) is 6.55. The fourth-order valence-corrected chi connectivity index (χ4v) is 3.21. The van der Waals surface area contributed by atoms with E-state index >= 15 is 0 Å². The maximum atomic E-state index is 12.6. The van der Waals surface area contributed by atoms with Crippen LogP contribution in [-0.4, -0.2) is 43.8 Å². The molecule has 6 heteroatoms. The van der Waals surface area contributed by atoms with Gasteiger partial charge in [0.25, 0.3) is 0 Å². The van der Waals surface area contributed by atoms with E-state index in [2.05, 4.69) is 10.3 Å². The Kier molecular flexibility index (Phi) is 4.08. The third-order valence-electron chi connectivity index (χ3n) is 4.49. The lowest BCUT2D eigenvalue weighted by atomic mass is 10.1. The van der Waals surface area contributed by atoms with Crippen LogP contribution in [0.25, 0.3) is 0 Å². The van der Waals surface area contributed by atoms with Crippen molar-refractivity contribution in [3.05, 3.63) is 65.5 Å². The number of allylic oxidation sites excluding steroid dienone is 1. The summed E-state index contributed by atoms with van der Waals surface area (Å²) in [5.41, 5.74) is 2.42. The van der Waals surface area contributed by atoms with Crippen molar-refractivity contribution in [1.29, 1.82) is 0 Å². The Morgan fingerprint density at radius 1 is 1.15 bits per heavy atom. The predicted molar refractivity (Wildman–Crippen MR) is 100 cm³/mol. The molecule has 0 amide bonds. The number of hydrogen-bond acceptors (Lipinski definition) is 6. The molecular formula is C20H19N3O3. The number of carbonyl (C=O) groups excluding carboxylic acids is 1. The standard InChI is InChI=1S/C20H19N3O3/c1-25-17-10-14-15(11-18(17)26-2)22-19(23-9-8-21-20(14)23)12-16(24)13-6-4-3-5-7-13/h3-7,10-12,22H,8-9H2,1-2H3. The van der Waals surface area contributed by atoms with Crippen LogP contribution in [0.5, 0.6) is 11.5 Å². The Hall–Kier alpha value is -3.28. The van der Waals surface area contributed by atoms with E-state index in [1.807, 2.05) is 47.4 Å². The minimum Gasteiger partial charge on any atom is -0.493 e. The smallest absolute Gasteiger partial charge is 0.189 e. The number of benzene rings is 2. The highest BCUT2D eigenvalue weighted by atomic mass is 16.5. The second-order valence-corrected chi connectivity index (χ2v) is 5.99. The van der Waals surface area contributed by atoms with E-state index in [1.165, 1.54) is 0 Å². The number of fused-ring (bicyclic) bond motifs is 3. The molecular weight excluding hydrogens is 330 g/mol. The molecule has 0 atom stereocenters. The van der Waals surface area contributed by atoms with E-state index in [-0.39, 0.29) is 5.78 Å². The maximum Gasteiger partial charge on any atom is 0.189 e. The first-order valence-electron chi connectivity index (χ1n) is 8.37. The first-order chi connectivity index (χ1) is 12.7. The molecule has 2 aromatic carbocycles. The molecule has 2 aliphatic rings. The highest BCUT2D eigenvalue weighted by Gasteiger charge is 2.31. The first-order valence-corrected chi connectivity index (χ1v) is 8.37. The quantitative estimate of drug-likeness (QED) is 0.679. The number of ether oxygens (including phenoxy) is 2. The van der Waals surface area contributed by atoms with E-state index in [1.54, 1.807) is 20.3 Å². The van der Waals surface area contributed by atoms with Crippen LogP contribution in [0.3, 0.4) is 0 Å². The van der Waals surface area contributed by atoms with Crippen LogP contribution in [0.4, 0.5) is 5.69 Å². The van der Waals surface area contributed by atoms with Crippen molar-refractivity contribution in [3.63, 3.8) is 0 Å². The Balaban J connectivity index is 1.76. The summed E-state index contributed by atoms with van der Waals surface area (Å²) >= 11 is 0. The van der Waals surface area contributed by atoms with Gasteiger partial charge < -0.3 is 19.7 Å². The van der Waals surface area contributed by atoms with Gasteiger partial charge in [-0.25, -0.2) is 0 Å². The van der Waals surface area contributed by atoms with Gasteiger partial charge in [-0.15, -0.1) is 0 Å². The van der Waals surface area contributed by atoms with Crippen molar-refractivity contribution < 1.29 is 14.3 Å². The van der Waals surface area contributed by atoms with E-state index in [9.17, 15) is 4.79 Å². The van der Waals surface area contributed by atoms with Crippen molar-refractivity contribution in [2.24, 2.45) is 4.99 Å². The van der Waals surface area contributed by atoms with Crippen molar-refractivity contribution in [3.8, 4) is 11.5 Å². The molecule has 1 N–H and O–H groups in total. The molecule has 0 spiro atoms. The van der Waals surface area contributed by atoms with Crippen LogP contribution in [0.15, 0.2) is 59.4 Å². The minimum atomic E-state index is -0.0525. The highest BCUT2D eigenvalue weighted by Crippen LogP contribution is 2.38. The zero-order valence-corrected chi connectivity index (χ0v) is 14.7. The van der Waals surface area contributed by atoms with E-state index < -0.39 is 0 Å². The summed E-state index contributed by atoms with van der Waals surface area (Å²) in [5.74, 6) is 2.78. The van der Waals surface area contributed by atoms with Crippen LogP contribution in [0.2, 0.25) is 0 Å². The third kappa shape index (κ3) is 2.69. The summed E-state index contributed by atoms with van der Waals surface area (Å²) in [4.78, 5) is 19.2. The van der Waals surface area contributed by atoms with Crippen molar-refractivity contribution in [2.45, 2.75) is 0 Å². The molecule has 6 nitrogen and oxygen atoms in total. The lowest BCUT2D eigenvalue weighted by molar-refractivity contribution is 0.104. The molecule has 26 heavy (non-hydrogen) atoms. The van der Waals surface area contributed by atoms with Crippen LogP contribution in [-0.2, 0) is 0 Å². The molecule has 0 aliphatic carbocycles. The lowest BCUT2D eigenvalue weighted by Crippen LogP contribution is -2.36. The number of nitrogens with zero attached hydrogens (tertiary/aromatic N) is 2. The molecule has 2 aromatic rings. The van der Waals surface area contributed by atoms with Crippen molar-refractivity contribution in [2.75, 3.05) is 32.6 Å². The maximum absolute atomic E-state index is 12.6. The van der Waals surface area contributed by atoms with Gasteiger partial charge in [-0.3, -0.25) is 9.79 Å². The number of aliphatic imine (C=N–C) groups is 1. The zero-order valence-electron chi connectivity index (χ0n) is 14.7. The number of rotatable bonds is 4. The summed E-state index contributed by atoms with van der Waals surface area (Å²) < 4.78 is 10.8. The van der Waals surface area contributed by atoms with Gasteiger partial charge in [0.15, 0.2) is 17.3 Å². The third-order valence-corrected chi connectivity index (χ3v) is 4.49. The Morgan fingerprint density at radius 3 is 2.62 bits per heavy atom. The predicted octanol–water partition coefficient (Wildman–Crippen LogP) is 2.92. The van der Waals surface area contributed by atoms with Gasteiger partial charge in [-0.05, 0) is 6.07 Å². The summed E-state index contributed by atoms with van der Waals surface area (Å²) in [6.45, 7) is 1.41. The number of anilines is 1. The fraction of sp³-hybridized carbons (Fsp3) is 0.200. The van der Waals surface area contributed by atoms with Crippen molar-refractivity contribution in [1.82, 2.24) is 4.90 Å². The molecule has 2 heterocycles. The molecule has 0 fully saturated rings. The topological polar surface area (TPSA) is 63.2 Å². The molecule has 0 unspecified atom stereocenters. The summed E-state index contributed by atoms with van der Waals surface area (Å²) in [5, 5.41) is 3.34. The molecule has 0 saturated heterocycles. The molecule has 0 aromatic heterocycles. The molecule has 0 saturated carbocycles. The Bertz CT molecular complexity index is 919. The van der Waals surface area contributed by atoms with Crippen molar-refractivity contribution >= 4 is 17.3 Å². The number of methoxy groups -OCH3 is 2. The van der Waals surface area contributed by atoms with Gasteiger partial charge in [-0.2, -0.15) is 0 Å². The largest absolute Gasteiger partial charge is 0.493 e. The van der Waals surface area contributed by atoms with Gasteiger partial charge in [-0.1, -0.05) is 30.3 Å². The lowest BCUT2D eigenvalue weighted by Gasteiger charge is -2.31. The van der Waals surface area contributed by atoms with E-state index in [0.717, 1.165) is 29.5 Å². The van der Waals surface area contributed by atoms with Gasteiger partial charge in [0.05, 0.1) is 26.5 Å². The number of amidine groups is 1. The Morgan fingerprint density at radius 2 is 1.88 bits per heavy atom. The number of nitrogens with one attached hydrogen (secondary N) is 1. The van der Waals surface area contributed by atoms with Gasteiger partial charge in [0.2, 0.25) is 0 Å². The molecule has 4 rings (SSSR count). The van der Waals surface area contributed by atoms with E-state index in [4.69, 9.17) is 9.47 Å². The molecule has 2 aliphatic heterocycles. The Labute approximate surface area is 151 Å². The molecule has 132 valence electrons. The molecule has 0 bridgehead atoms. The highest BCUT2D eigenvalue weighted by molar-refractivity contribution is 6.10. The van der Waals surface area contributed by atoms with Gasteiger partial charge in [0, 0.05) is 29.8 Å². The van der Waals surface area contributed by atoms with Gasteiger partial charge in [0.1, 0.15) is 11.7 Å². The average Bonchev–Trinajstić information content (AvgIpc) is 3.18. The molecule has 0 radical (unpaired) electrons. The monoisotopic (exact) mass is 349 g/mol. The number of carbonyl (C=O) groups is 1. The van der Waals surface area contributed by atoms with Crippen LogP contribution < -0.4 is 14.8 Å². The average molecular weight is 349 g/mol. The minimum absolute atomic E-state index is 0.0525. The zero-order chi connectivity index (χ0) is 18.1. The van der Waals surface area contributed by atoms with Crippen LogP contribution in [0, 0.1) is 0 Å². The number of hydrogen-bond donors (Lipinski definition) is 1. The summed E-state index contributed by atoms with van der Waals surface area (Å²) in [6, 6.07) is 13.0. The van der Waals surface area contributed by atoms with E-state index in [0.29, 0.717) is 23.6 Å². The van der Waals surface area contributed by atoms with Crippen LogP contribution in [0.1, 0.15) is 15.9 Å². The first kappa shape index (κ1) is 16.2. The fourth-order valence-electron chi connectivity index (χ4n) is 3.21. The van der Waals surface area contributed by atoms with Gasteiger partial charge >= 0.3 is 0 Å². The summed E-state index contributed by atoms with van der Waals surface area (Å²) in [7, 11) is 3.21. The van der Waals surface area contributed by atoms with Crippen LogP contribution >= 0.6 is 0 Å². The number of ketones is 1. The SMILES string of the molecule is COc1cc2c(cc1OC)C1=NCCN1C(=CC(=O)c1ccccc1)N2.